The average molecular weight is 494 g/mol. The molecule has 1 heterocycles. The first-order chi connectivity index (χ1) is 17.5. The van der Waals surface area contributed by atoms with Crippen molar-refractivity contribution < 1.29 is 17.9 Å². The van der Waals surface area contributed by atoms with Crippen LogP contribution < -0.4 is 9.46 Å². The number of carbonyl (C=O) groups excluding carboxylic acids is 1. The van der Waals surface area contributed by atoms with Crippen molar-refractivity contribution in [1.82, 2.24) is 4.72 Å². The molecule has 178 valence electrons. The third-order valence-corrected chi connectivity index (χ3v) is 7.23. The van der Waals surface area contributed by atoms with Gasteiger partial charge in [0, 0.05) is 17.2 Å². The molecule has 6 heteroatoms. The Kier molecular flexibility index (Phi) is 6.52. The second kappa shape index (κ2) is 10.1. The van der Waals surface area contributed by atoms with Crippen LogP contribution >= 0.6 is 0 Å². The Bertz CT molecular complexity index is 1560. The van der Waals surface area contributed by atoms with Gasteiger partial charge in [-0.05, 0) is 46.5 Å². The molecule has 5 nitrogen and oxygen atoms in total. The van der Waals surface area contributed by atoms with E-state index in [1.54, 1.807) is 24.3 Å². The van der Waals surface area contributed by atoms with Gasteiger partial charge in [0.05, 0.1) is 4.90 Å². The molecule has 1 aliphatic heterocycles. The van der Waals surface area contributed by atoms with Crippen LogP contribution in [0.15, 0.2) is 120 Å². The first-order valence-electron chi connectivity index (χ1n) is 11.4. The summed E-state index contributed by atoms with van der Waals surface area (Å²) in [5.74, 6) is 0.128. The van der Waals surface area contributed by atoms with E-state index in [-0.39, 0.29) is 4.90 Å². The van der Waals surface area contributed by atoms with Crippen LogP contribution in [0.5, 0.6) is 5.75 Å². The normalized spacial score (nSPS) is 13.2. The number of sulfonamides is 1. The lowest BCUT2D eigenvalue weighted by molar-refractivity contribution is -0.114. The van der Waals surface area contributed by atoms with Crippen LogP contribution in [-0.2, 0) is 14.8 Å². The molecule has 0 aliphatic carbocycles. The van der Waals surface area contributed by atoms with Crippen molar-refractivity contribution in [3.8, 4) is 5.75 Å². The highest BCUT2D eigenvalue weighted by Crippen LogP contribution is 2.40. The number of nitrogens with one attached hydrogen (secondary N) is 1. The van der Waals surface area contributed by atoms with E-state index in [1.807, 2.05) is 60.7 Å². The topological polar surface area (TPSA) is 72.5 Å². The zero-order valence-corrected chi connectivity index (χ0v) is 20.1. The number of amides is 1. The van der Waals surface area contributed by atoms with Gasteiger partial charge in [0.25, 0.3) is 15.9 Å². The van der Waals surface area contributed by atoms with Gasteiger partial charge in [0.2, 0.25) is 0 Å². The molecule has 1 amide bonds. The minimum absolute atomic E-state index is 0.0374. The van der Waals surface area contributed by atoms with Crippen LogP contribution in [0.1, 0.15) is 22.3 Å². The van der Waals surface area contributed by atoms with Gasteiger partial charge in [-0.1, -0.05) is 91.0 Å². The van der Waals surface area contributed by atoms with Crippen LogP contribution in [0.2, 0.25) is 0 Å². The summed E-state index contributed by atoms with van der Waals surface area (Å²) in [5, 5.41) is 0. The fraction of sp³-hybridized carbons (Fsp3) is 0.0333. The van der Waals surface area contributed by atoms with Crippen LogP contribution in [-0.4, -0.2) is 20.9 Å². The fourth-order valence-electron chi connectivity index (χ4n) is 4.14. The summed E-state index contributed by atoms with van der Waals surface area (Å²) in [4.78, 5) is 12.3. The molecule has 0 aromatic heterocycles. The molecular formula is C30H23NO4S. The van der Waals surface area contributed by atoms with E-state index in [0.29, 0.717) is 6.61 Å². The maximum atomic E-state index is 12.3. The first kappa shape index (κ1) is 23.3. The molecule has 0 atom stereocenters. The molecule has 0 spiro atoms. The SMILES string of the molecule is O=C(/C=C/c1ccc(C2=C(c3ccccc3)COc3ccccc32)cc1)NS(=O)(=O)c1ccccc1. The molecule has 1 N–H and O–H groups in total. The molecule has 0 unspecified atom stereocenters. The summed E-state index contributed by atoms with van der Waals surface area (Å²) in [6.07, 6.45) is 2.80. The predicted molar refractivity (Wildman–Crippen MR) is 142 cm³/mol. The highest BCUT2D eigenvalue weighted by Gasteiger charge is 2.22. The number of rotatable bonds is 6. The van der Waals surface area contributed by atoms with E-state index >= 15 is 0 Å². The Balaban J connectivity index is 1.41. The van der Waals surface area contributed by atoms with E-state index < -0.39 is 15.9 Å². The van der Waals surface area contributed by atoms with Crippen molar-refractivity contribution in [2.24, 2.45) is 0 Å². The zero-order valence-electron chi connectivity index (χ0n) is 19.3. The molecule has 0 saturated heterocycles. The maximum Gasteiger partial charge on any atom is 0.264 e. The Morgan fingerprint density at radius 2 is 1.39 bits per heavy atom. The Hall–Kier alpha value is -4.42. The van der Waals surface area contributed by atoms with Crippen LogP contribution in [0.4, 0.5) is 0 Å². The molecule has 1 aliphatic rings. The Labute approximate surface area is 210 Å². The van der Waals surface area contributed by atoms with Crippen molar-refractivity contribution in [3.05, 3.63) is 138 Å². The lowest BCUT2D eigenvalue weighted by Crippen LogP contribution is -2.28. The van der Waals surface area contributed by atoms with E-state index in [0.717, 1.165) is 39.1 Å². The van der Waals surface area contributed by atoms with Gasteiger partial charge in [0.1, 0.15) is 12.4 Å². The minimum Gasteiger partial charge on any atom is -0.488 e. The molecular weight excluding hydrogens is 470 g/mol. The number of carbonyl (C=O) groups is 1. The number of benzene rings is 4. The second-order valence-corrected chi connectivity index (χ2v) is 9.92. The summed E-state index contributed by atoms with van der Waals surface area (Å²) in [6.45, 7) is 0.466. The lowest BCUT2D eigenvalue weighted by atomic mass is 9.87. The predicted octanol–water partition coefficient (Wildman–Crippen LogP) is 5.56. The van der Waals surface area contributed by atoms with Gasteiger partial charge >= 0.3 is 0 Å². The highest BCUT2D eigenvalue weighted by atomic mass is 32.2. The molecule has 0 radical (unpaired) electrons. The first-order valence-corrected chi connectivity index (χ1v) is 12.9. The van der Waals surface area contributed by atoms with Crippen molar-refractivity contribution in [2.45, 2.75) is 4.90 Å². The molecule has 0 saturated carbocycles. The number of ether oxygens (including phenoxy) is 1. The summed E-state index contributed by atoms with van der Waals surface area (Å²) >= 11 is 0. The average Bonchev–Trinajstić information content (AvgIpc) is 2.92. The summed E-state index contributed by atoms with van der Waals surface area (Å²) in [6, 6.07) is 33.7. The van der Waals surface area contributed by atoms with E-state index in [1.165, 1.54) is 18.2 Å². The van der Waals surface area contributed by atoms with Crippen LogP contribution in [0.3, 0.4) is 0 Å². The number of hydrogen-bond acceptors (Lipinski definition) is 4. The van der Waals surface area contributed by atoms with Gasteiger partial charge in [-0.15, -0.1) is 0 Å². The highest BCUT2D eigenvalue weighted by molar-refractivity contribution is 7.90. The van der Waals surface area contributed by atoms with Gasteiger partial charge < -0.3 is 4.74 Å². The molecule has 36 heavy (non-hydrogen) atoms. The fourth-order valence-corrected chi connectivity index (χ4v) is 5.10. The van der Waals surface area contributed by atoms with Crippen molar-refractivity contribution >= 4 is 33.2 Å². The molecule has 0 bridgehead atoms. The summed E-state index contributed by atoms with van der Waals surface area (Å²) < 4.78 is 32.8. The number of fused-ring (bicyclic) bond motifs is 1. The van der Waals surface area contributed by atoms with Crippen LogP contribution in [0.25, 0.3) is 17.2 Å². The largest absolute Gasteiger partial charge is 0.488 e. The number of hydrogen-bond donors (Lipinski definition) is 1. The lowest BCUT2D eigenvalue weighted by Gasteiger charge is -2.25. The quantitative estimate of drug-likeness (QED) is 0.357. The van der Waals surface area contributed by atoms with Gasteiger partial charge in [-0.25, -0.2) is 13.1 Å². The Morgan fingerprint density at radius 3 is 2.11 bits per heavy atom. The monoisotopic (exact) mass is 493 g/mol. The maximum absolute atomic E-state index is 12.3. The van der Waals surface area contributed by atoms with Crippen molar-refractivity contribution in [1.29, 1.82) is 0 Å². The van der Waals surface area contributed by atoms with Gasteiger partial charge in [-0.3, -0.25) is 4.79 Å². The van der Waals surface area contributed by atoms with Crippen LogP contribution in [0, 0.1) is 0 Å². The smallest absolute Gasteiger partial charge is 0.264 e. The Morgan fingerprint density at radius 1 is 0.750 bits per heavy atom. The number of para-hydroxylation sites is 1. The molecule has 4 aromatic carbocycles. The van der Waals surface area contributed by atoms with E-state index in [9.17, 15) is 13.2 Å². The van der Waals surface area contributed by atoms with Crippen molar-refractivity contribution in [3.63, 3.8) is 0 Å². The summed E-state index contributed by atoms with van der Waals surface area (Å²) in [7, 11) is -3.91. The molecule has 0 fully saturated rings. The van der Waals surface area contributed by atoms with Gasteiger partial charge in [-0.2, -0.15) is 0 Å². The zero-order chi connectivity index (χ0) is 25.0. The molecule has 4 aromatic rings. The van der Waals surface area contributed by atoms with E-state index in [4.69, 9.17) is 4.74 Å². The van der Waals surface area contributed by atoms with Gasteiger partial charge in [0.15, 0.2) is 0 Å². The van der Waals surface area contributed by atoms with Crippen molar-refractivity contribution in [2.75, 3.05) is 6.61 Å². The third kappa shape index (κ3) is 4.99. The standard InChI is InChI=1S/C30H23NO4S/c32-29(31-36(33,34)25-11-5-2-6-12-25)20-17-22-15-18-24(19-16-22)30-26-13-7-8-14-28(26)35-21-27(30)23-9-3-1-4-10-23/h1-20H,21H2,(H,31,32)/b20-17+. The molecule has 5 rings (SSSR count). The minimum atomic E-state index is -3.91. The van der Waals surface area contributed by atoms with E-state index in [2.05, 4.69) is 22.9 Å². The second-order valence-electron chi connectivity index (χ2n) is 8.24. The summed E-state index contributed by atoms with van der Waals surface area (Å²) in [5.41, 5.74) is 6.12. The third-order valence-electron chi connectivity index (χ3n) is 5.87.